The van der Waals surface area contributed by atoms with Crippen molar-refractivity contribution < 1.29 is 23.5 Å². The van der Waals surface area contributed by atoms with E-state index in [9.17, 15) is 18.8 Å². The molecule has 0 saturated carbocycles. The van der Waals surface area contributed by atoms with Gasteiger partial charge in [0.1, 0.15) is 5.82 Å². The molecule has 0 unspecified atom stereocenters. The minimum absolute atomic E-state index is 0.144. The first kappa shape index (κ1) is 26.6. The topological polar surface area (TPSA) is 82.2 Å². The van der Waals surface area contributed by atoms with Crippen LogP contribution in [-0.2, 0) is 4.74 Å². The lowest BCUT2D eigenvalue weighted by molar-refractivity contribution is 0.0303. The average molecular weight is 551 g/mol. The standard InChI is InChI=1S/C29H28ClFN4O4/c30-22-6-4-20(5-7-22)27(36)32-24-8-9-26(25(19-24)29(38)35-14-16-39-17-15-35)33-10-12-34(13-11-33)28(37)21-2-1-3-23(31)18-21/h1-9,18-19H,10-17H2,(H,32,36). The Hall–Kier alpha value is -3.95. The van der Waals surface area contributed by atoms with Crippen molar-refractivity contribution in [2.24, 2.45) is 0 Å². The van der Waals surface area contributed by atoms with E-state index >= 15 is 0 Å². The van der Waals surface area contributed by atoms with Gasteiger partial charge in [0.15, 0.2) is 0 Å². The van der Waals surface area contributed by atoms with Gasteiger partial charge in [0.25, 0.3) is 17.7 Å². The molecule has 0 bridgehead atoms. The zero-order valence-electron chi connectivity index (χ0n) is 21.2. The summed E-state index contributed by atoms with van der Waals surface area (Å²) in [7, 11) is 0. The van der Waals surface area contributed by atoms with Gasteiger partial charge in [0.05, 0.1) is 18.8 Å². The van der Waals surface area contributed by atoms with Gasteiger partial charge in [0, 0.05) is 66.8 Å². The number of benzene rings is 3. The summed E-state index contributed by atoms with van der Waals surface area (Å²) in [5.41, 5.74) is 2.45. The van der Waals surface area contributed by atoms with E-state index in [2.05, 4.69) is 10.2 Å². The van der Waals surface area contributed by atoms with Crippen LogP contribution in [0.3, 0.4) is 0 Å². The second-order valence-electron chi connectivity index (χ2n) is 9.39. The molecule has 5 rings (SSSR count). The summed E-state index contributed by atoms with van der Waals surface area (Å²) >= 11 is 5.94. The second-order valence-corrected chi connectivity index (χ2v) is 9.82. The van der Waals surface area contributed by atoms with E-state index in [0.29, 0.717) is 79.9 Å². The first-order chi connectivity index (χ1) is 18.9. The summed E-state index contributed by atoms with van der Waals surface area (Å²) < 4.78 is 19.0. The molecule has 0 aliphatic carbocycles. The van der Waals surface area contributed by atoms with Crippen molar-refractivity contribution in [1.29, 1.82) is 0 Å². The van der Waals surface area contributed by atoms with Gasteiger partial charge >= 0.3 is 0 Å². The van der Waals surface area contributed by atoms with Crippen LogP contribution in [0.25, 0.3) is 0 Å². The Balaban J connectivity index is 1.35. The summed E-state index contributed by atoms with van der Waals surface area (Å²) in [5, 5.41) is 3.41. The van der Waals surface area contributed by atoms with E-state index < -0.39 is 5.82 Å². The van der Waals surface area contributed by atoms with E-state index in [0.717, 1.165) is 5.69 Å². The third-order valence-corrected chi connectivity index (χ3v) is 7.12. The zero-order chi connectivity index (χ0) is 27.4. The van der Waals surface area contributed by atoms with Crippen molar-refractivity contribution in [1.82, 2.24) is 9.80 Å². The molecule has 1 N–H and O–H groups in total. The van der Waals surface area contributed by atoms with Crippen LogP contribution in [-0.4, -0.2) is 80.0 Å². The minimum Gasteiger partial charge on any atom is -0.378 e. The third-order valence-electron chi connectivity index (χ3n) is 6.87. The Bertz CT molecular complexity index is 1370. The minimum atomic E-state index is -0.450. The summed E-state index contributed by atoms with van der Waals surface area (Å²) in [5.74, 6) is -1.13. The number of nitrogens with zero attached hydrogens (tertiary/aromatic N) is 3. The summed E-state index contributed by atoms with van der Waals surface area (Å²) in [6.07, 6.45) is 0. The van der Waals surface area contributed by atoms with E-state index in [1.165, 1.54) is 18.2 Å². The molecule has 3 amide bonds. The van der Waals surface area contributed by atoms with Gasteiger partial charge in [-0.25, -0.2) is 4.39 Å². The fraction of sp³-hybridized carbons (Fsp3) is 0.276. The number of rotatable bonds is 5. The maximum Gasteiger partial charge on any atom is 0.256 e. The van der Waals surface area contributed by atoms with Crippen LogP contribution in [0.1, 0.15) is 31.1 Å². The van der Waals surface area contributed by atoms with Crippen LogP contribution in [0.2, 0.25) is 5.02 Å². The van der Waals surface area contributed by atoms with Gasteiger partial charge in [-0.15, -0.1) is 0 Å². The second kappa shape index (κ2) is 11.8. The maximum absolute atomic E-state index is 13.6. The third kappa shape index (κ3) is 6.21. The molecule has 8 nitrogen and oxygen atoms in total. The number of morpholine rings is 1. The largest absolute Gasteiger partial charge is 0.378 e. The Kier molecular flexibility index (Phi) is 8.09. The van der Waals surface area contributed by atoms with Gasteiger partial charge in [-0.2, -0.15) is 0 Å². The van der Waals surface area contributed by atoms with Gasteiger partial charge in [0.2, 0.25) is 0 Å². The van der Waals surface area contributed by atoms with E-state index in [-0.39, 0.29) is 17.7 Å². The summed E-state index contributed by atoms with van der Waals surface area (Å²) in [6.45, 7) is 3.75. The maximum atomic E-state index is 13.6. The Morgan fingerprint density at radius 2 is 1.46 bits per heavy atom. The molecular weight excluding hydrogens is 523 g/mol. The quantitative estimate of drug-likeness (QED) is 0.516. The van der Waals surface area contributed by atoms with Crippen LogP contribution < -0.4 is 10.2 Å². The molecule has 3 aromatic carbocycles. The van der Waals surface area contributed by atoms with Crippen molar-refractivity contribution in [2.45, 2.75) is 0 Å². The van der Waals surface area contributed by atoms with Crippen LogP contribution in [0.15, 0.2) is 66.7 Å². The lowest BCUT2D eigenvalue weighted by Gasteiger charge is -2.37. The monoisotopic (exact) mass is 550 g/mol. The molecule has 39 heavy (non-hydrogen) atoms. The van der Waals surface area contributed by atoms with Gasteiger partial charge in [-0.1, -0.05) is 17.7 Å². The molecule has 0 atom stereocenters. The lowest BCUT2D eigenvalue weighted by Crippen LogP contribution is -2.49. The van der Waals surface area contributed by atoms with E-state index in [4.69, 9.17) is 16.3 Å². The first-order valence-electron chi connectivity index (χ1n) is 12.8. The number of halogens is 2. The molecule has 2 saturated heterocycles. The van der Waals surface area contributed by atoms with Gasteiger partial charge in [-0.3, -0.25) is 14.4 Å². The van der Waals surface area contributed by atoms with Crippen LogP contribution in [0.4, 0.5) is 15.8 Å². The zero-order valence-corrected chi connectivity index (χ0v) is 22.0. The van der Waals surface area contributed by atoms with Crippen LogP contribution in [0.5, 0.6) is 0 Å². The summed E-state index contributed by atoms with van der Waals surface area (Å²) in [4.78, 5) is 44.8. The highest BCUT2D eigenvalue weighted by atomic mass is 35.5. The molecule has 2 aliphatic rings. The normalized spacial score (nSPS) is 15.7. The number of hydrogen-bond donors (Lipinski definition) is 1. The molecule has 0 aromatic heterocycles. The SMILES string of the molecule is O=C(Nc1ccc(N2CCN(C(=O)c3cccc(F)c3)CC2)c(C(=O)N2CCOCC2)c1)c1ccc(Cl)cc1. The highest BCUT2D eigenvalue weighted by Gasteiger charge is 2.28. The average Bonchev–Trinajstić information content (AvgIpc) is 2.97. The first-order valence-corrected chi connectivity index (χ1v) is 13.1. The Morgan fingerprint density at radius 3 is 2.15 bits per heavy atom. The molecule has 0 spiro atoms. The predicted molar refractivity (Wildman–Crippen MR) is 147 cm³/mol. The molecule has 10 heteroatoms. The Morgan fingerprint density at radius 1 is 0.769 bits per heavy atom. The van der Waals surface area contributed by atoms with Crippen molar-refractivity contribution in [3.8, 4) is 0 Å². The fourth-order valence-corrected chi connectivity index (χ4v) is 4.88. The van der Waals surface area contributed by atoms with Crippen molar-refractivity contribution in [3.05, 3.63) is 94.3 Å². The molecule has 202 valence electrons. The number of amides is 3. The number of carbonyl (C=O) groups excluding carboxylic acids is 3. The number of carbonyl (C=O) groups is 3. The van der Waals surface area contributed by atoms with Crippen molar-refractivity contribution in [3.63, 3.8) is 0 Å². The van der Waals surface area contributed by atoms with E-state index in [1.807, 2.05) is 6.07 Å². The number of nitrogens with one attached hydrogen (secondary N) is 1. The summed E-state index contributed by atoms with van der Waals surface area (Å²) in [6, 6.07) is 17.5. The highest BCUT2D eigenvalue weighted by Crippen LogP contribution is 2.28. The van der Waals surface area contributed by atoms with Crippen molar-refractivity contribution in [2.75, 3.05) is 62.7 Å². The van der Waals surface area contributed by atoms with Crippen LogP contribution in [0, 0.1) is 5.82 Å². The molecule has 2 aliphatic heterocycles. The number of ether oxygens (including phenoxy) is 1. The molecule has 2 fully saturated rings. The number of anilines is 2. The molecule has 2 heterocycles. The Labute approximate surface area is 230 Å². The molecule has 3 aromatic rings. The molecule has 0 radical (unpaired) electrons. The van der Waals surface area contributed by atoms with Gasteiger partial charge < -0.3 is 24.8 Å². The highest BCUT2D eigenvalue weighted by molar-refractivity contribution is 6.30. The number of piperazine rings is 1. The van der Waals surface area contributed by atoms with E-state index in [1.54, 1.807) is 52.3 Å². The lowest BCUT2D eigenvalue weighted by atomic mass is 10.1. The smallest absolute Gasteiger partial charge is 0.256 e. The number of hydrogen-bond acceptors (Lipinski definition) is 5. The fourth-order valence-electron chi connectivity index (χ4n) is 4.76. The van der Waals surface area contributed by atoms with Crippen molar-refractivity contribution >= 4 is 40.7 Å². The molecular formula is C29H28ClFN4O4. The van der Waals surface area contributed by atoms with Gasteiger partial charge in [-0.05, 0) is 60.7 Å². The van der Waals surface area contributed by atoms with Crippen LogP contribution >= 0.6 is 11.6 Å². The predicted octanol–water partition coefficient (Wildman–Crippen LogP) is 4.17.